The van der Waals surface area contributed by atoms with Crippen LogP contribution in [0.1, 0.15) is 62.6 Å². The van der Waals surface area contributed by atoms with Gasteiger partial charge in [-0.25, -0.2) is 5.43 Å². The van der Waals surface area contributed by atoms with Crippen LogP contribution in [-0.4, -0.2) is 0 Å². The van der Waals surface area contributed by atoms with E-state index in [1.807, 2.05) is 0 Å². The number of hydrazine groups is 1. The van der Waals surface area contributed by atoms with Gasteiger partial charge in [-0.05, 0) is 42.7 Å². The van der Waals surface area contributed by atoms with Gasteiger partial charge in [0.05, 0.1) is 6.04 Å². The normalized spacial score (nSPS) is 17.7. The largest absolute Gasteiger partial charge is 0.271 e. The van der Waals surface area contributed by atoms with Gasteiger partial charge in [-0.15, -0.1) is 0 Å². The Bertz CT molecular complexity index is 404. The van der Waals surface area contributed by atoms with Crippen LogP contribution in [0.3, 0.4) is 0 Å². The lowest BCUT2D eigenvalue weighted by atomic mass is 9.89. The molecule has 0 amide bonds. The van der Waals surface area contributed by atoms with Crippen LogP contribution < -0.4 is 11.3 Å². The SMILES string of the molecule is CC(C)c1ccc(C(NN)C2=CCCCC2)cc1. The third kappa shape index (κ3) is 3.01. The highest BCUT2D eigenvalue weighted by Crippen LogP contribution is 2.29. The van der Waals surface area contributed by atoms with Crippen LogP contribution >= 0.6 is 0 Å². The third-order valence-corrected chi connectivity index (χ3v) is 3.80. The summed E-state index contributed by atoms with van der Waals surface area (Å²) in [6.45, 7) is 4.44. The summed E-state index contributed by atoms with van der Waals surface area (Å²) in [5.74, 6) is 6.32. The van der Waals surface area contributed by atoms with Gasteiger partial charge in [0.15, 0.2) is 0 Å². The Hall–Kier alpha value is -1.12. The quantitative estimate of drug-likeness (QED) is 0.480. The van der Waals surface area contributed by atoms with Crippen molar-refractivity contribution in [3.05, 3.63) is 47.0 Å². The number of nitrogens with one attached hydrogen (secondary N) is 1. The topological polar surface area (TPSA) is 38.0 Å². The summed E-state index contributed by atoms with van der Waals surface area (Å²) in [7, 11) is 0. The summed E-state index contributed by atoms with van der Waals surface area (Å²) < 4.78 is 0. The molecule has 0 spiro atoms. The van der Waals surface area contributed by atoms with Crippen LogP contribution in [0.25, 0.3) is 0 Å². The molecule has 3 N–H and O–H groups in total. The standard InChI is InChI=1S/C16H24N2/c1-12(2)13-8-10-15(11-9-13)16(18-17)14-6-4-3-5-7-14/h6,8-12,16,18H,3-5,7,17H2,1-2H3. The molecule has 1 unspecified atom stereocenters. The first-order chi connectivity index (χ1) is 8.72. The first-order valence-corrected chi connectivity index (χ1v) is 6.97. The molecule has 0 aliphatic heterocycles. The molecule has 0 aromatic heterocycles. The molecule has 2 rings (SSSR count). The van der Waals surface area contributed by atoms with Crippen molar-refractivity contribution >= 4 is 0 Å². The van der Waals surface area contributed by atoms with Gasteiger partial charge in [0.2, 0.25) is 0 Å². The van der Waals surface area contributed by atoms with Crippen molar-refractivity contribution in [2.75, 3.05) is 0 Å². The molecular formula is C16H24N2. The lowest BCUT2D eigenvalue weighted by Gasteiger charge is -2.23. The molecule has 1 atom stereocenters. The van der Waals surface area contributed by atoms with Gasteiger partial charge in [-0.2, -0.15) is 0 Å². The second-order valence-corrected chi connectivity index (χ2v) is 5.45. The molecule has 0 heterocycles. The Kier molecular flexibility index (Phi) is 4.56. The maximum atomic E-state index is 5.74. The van der Waals surface area contributed by atoms with E-state index in [1.165, 1.54) is 42.4 Å². The summed E-state index contributed by atoms with van der Waals surface area (Å²) in [4.78, 5) is 0. The molecule has 2 heteroatoms. The predicted octanol–water partition coefficient (Wildman–Crippen LogP) is 3.81. The summed E-state index contributed by atoms with van der Waals surface area (Å²) in [5, 5.41) is 0. The van der Waals surface area contributed by atoms with E-state index in [1.54, 1.807) is 0 Å². The second-order valence-electron chi connectivity index (χ2n) is 5.45. The van der Waals surface area contributed by atoms with Crippen LogP contribution in [-0.2, 0) is 0 Å². The van der Waals surface area contributed by atoms with Crippen molar-refractivity contribution in [2.45, 2.75) is 51.5 Å². The molecule has 1 aliphatic carbocycles. The van der Waals surface area contributed by atoms with Gasteiger partial charge in [-0.1, -0.05) is 49.8 Å². The molecule has 0 fully saturated rings. The van der Waals surface area contributed by atoms with Gasteiger partial charge in [0, 0.05) is 0 Å². The molecule has 0 saturated carbocycles. The monoisotopic (exact) mass is 244 g/mol. The Morgan fingerprint density at radius 1 is 1.06 bits per heavy atom. The van der Waals surface area contributed by atoms with Crippen LogP contribution in [0.15, 0.2) is 35.9 Å². The number of rotatable bonds is 4. The van der Waals surface area contributed by atoms with E-state index < -0.39 is 0 Å². The number of hydrogen-bond acceptors (Lipinski definition) is 2. The van der Waals surface area contributed by atoms with E-state index in [0.29, 0.717) is 5.92 Å². The van der Waals surface area contributed by atoms with Gasteiger partial charge in [0.25, 0.3) is 0 Å². The second kappa shape index (κ2) is 6.17. The first kappa shape index (κ1) is 13.3. The molecule has 0 saturated heterocycles. The number of allylic oxidation sites excluding steroid dienone is 1. The minimum Gasteiger partial charge on any atom is -0.271 e. The van der Waals surface area contributed by atoms with Crippen LogP contribution in [0.5, 0.6) is 0 Å². The molecular weight excluding hydrogens is 220 g/mol. The van der Waals surface area contributed by atoms with E-state index in [0.717, 1.165) is 0 Å². The average Bonchev–Trinajstić information content (AvgIpc) is 2.41. The Morgan fingerprint density at radius 3 is 2.22 bits per heavy atom. The third-order valence-electron chi connectivity index (χ3n) is 3.80. The molecule has 1 aromatic rings. The zero-order valence-corrected chi connectivity index (χ0v) is 11.4. The number of benzene rings is 1. The Labute approximate surface area is 110 Å². The lowest BCUT2D eigenvalue weighted by Crippen LogP contribution is -2.30. The zero-order valence-electron chi connectivity index (χ0n) is 11.4. The average molecular weight is 244 g/mol. The van der Waals surface area contributed by atoms with Crippen LogP contribution in [0, 0.1) is 0 Å². The van der Waals surface area contributed by atoms with Crippen molar-refractivity contribution in [3.8, 4) is 0 Å². The highest BCUT2D eigenvalue weighted by Gasteiger charge is 2.16. The molecule has 1 aromatic carbocycles. The van der Waals surface area contributed by atoms with Gasteiger partial charge >= 0.3 is 0 Å². The van der Waals surface area contributed by atoms with Gasteiger partial charge in [-0.3, -0.25) is 5.84 Å². The van der Waals surface area contributed by atoms with Crippen molar-refractivity contribution < 1.29 is 0 Å². The van der Waals surface area contributed by atoms with Crippen LogP contribution in [0.2, 0.25) is 0 Å². The predicted molar refractivity (Wildman–Crippen MR) is 77.1 cm³/mol. The zero-order chi connectivity index (χ0) is 13.0. The highest BCUT2D eigenvalue weighted by atomic mass is 15.2. The van der Waals surface area contributed by atoms with E-state index in [-0.39, 0.29) is 6.04 Å². The number of hydrogen-bond donors (Lipinski definition) is 2. The molecule has 0 bridgehead atoms. The first-order valence-electron chi connectivity index (χ1n) is 6.97. The van der Waals surface area contributed by atoms with Crippen molar-refractivity contribution in [1.82, 2.24) is 5.43 Å². The summed E-state index contributed by atoms with van der Waals surface area (Å²) >= 11 is 0. The van der Waals surface area contributed by atoms with Gasteiger partial charge < -0.3 is 0 Å². The molecule has 2 nitrogen and oxygen atoms in total. The summed E-state index contributed by atoms with van der Waals surface area (Å²) in [6.07, 6.45) is 7.31. The maximum Gasteiger partial charge on any atom is 0.0670 e. The fourth-order valence-corrected chi connectivity index (χ4v) is 2.62. The minimum absolute atomic E-state index is 0.187. The lowest BCUT2D eigenvalue weighted by molar-refractivity contribution is 0.565. The van der Waals surface area contributed by atoms with Crippen molar-refractivity contribution in [1.29, 1.82) is 0 Å². The Balaban J connectivity index is 2.19. The smallest absolute Gasteiger partial charge is 0.0670 e. The fraction of sp³-hybridized carbons (Fsp3) is 0.500. The van der Waals surface area contributed by atoms with Gasteiger partial charge in [0.1, 0.15) is 0 Å². The van der Waals surface area contributed by atoms with E-state index in [2.05, 4.69) is 49.6 Å². The van der Waals surface area contributed by atoms with Crippen LogP contribution in [0.4, 0.5) is 0 Å². The van der Waals surface area contributed by atoms with Crippen molar-refractivity contribution in [2.24, 2.45) is 5.84 Å². The molecule has 1 aliphatic rings. The van der Waals surface area contributed by atoms with E-state index >= 15 is 0 Å². The highest BCUT2D eigenvalue weighted by molar-refractivity contribution is 5.32. The maximum absolute atomic E-state index is 5.74. The molecule has 98 valence electrons. The summed E-state index contributed by atoms with van der Waals surface area (Å²) in [6, 6.07) is 9.03. The van der Waals surface area contributed by atoms with E-state index in [4.69, 9.17) is 5.84 Å². The number of nitrogens with two attached hydrogens (primary N) is 1. The minimum atomic E-state index is 0.187. The summed E-state index contributed by atoms with van der Waals surface area (Å²) in [5.41, 5.74) is 7.07. The molecule has 18 heavy (non-hydrogen) atoms. The fourth-order valence-electron chi connectivity index (χ4n) is 2.62. The Morgan fingerprint density at radius 2 is 1.72 bits per heavy atom. The van der Waals surface area contributed by atoms with Crippen molar-refractivity contribution in [3.63, 3.8) is 0 Å². The molecule has 0 radical (unpaired) electrons. The van der Waals surface area contributed by atoms with E-state index in [9.17, 15) is 0 Å².